The van der Waals surface area contributed by atoms with Gasteiger partial charge in [0.05, 0.1) is 19.8 Å². The normalized spacial score (nSPS) is 36.3. The van der Waals surface area contributed by atoms with Crippen LogP contribution in [0.4, 0.5) is 0 Å². The van der Waals surface area contributed by atoms with Gasteiger partial charge in [0, 0.05) is 51.9 Å². The van der Waals surface area contributed by atoms with E-state index in [1.807, 2.05) is 0 Å². The van der Waals surface area contributed by atoms with Gasteiger partial charge in [-0.3, -0.25) is 4.90 Å². The maximum atomic E-state index is 6.05. The minimum absolute atomic E-state index is 0.764. The lowest BCUT2D eigenvalue weighted by Gasteiger charge is -2.38. The van der Waals surface area contributed by atoms with E-state index in [0.717, 1.165) is 84.6 Å². The lowest BCUT2D eigenvalue weighted by atomic mass is 10.3. The van der Waals surface area contributed by atoms with Gasteiger partial charge in [-0.05, 0) is 13.0 Å². The van der Waals surface area contributed by atoms with Gasteiger partial charge in [0.25, 0.3) is 0 Å². The van der Waals surface area contributed by atoms with Crippen LogP contribution < -0.4 is 5.32 Å². The Morgan fingerprint density at radius 3 is 2.05 bits per heavy atom. The summed E-state index contributed by atoms with van der Waals surface area (Å²) in [6, 6.07) is 0.969. The average Bonchev–Trinajstić information content (AvgIpc) is 2.40. The smallest absolute Gasteiger partial charge is 0.372 e. The maximum Gasteiger partial charge on any atom is 0.501 e. The highest BCUT2D eigenvalue weighted by atomic mass is 28.4. The quantitative estimate of drug-likeness (QED) is 0.713. The van der Waals surface area contributed by atoms with E-state index in [1.165, 1.54) is 0 Å². The molecule has 0 aliphatic carbocycles. The topological polar surface area (TPSA) is 46.2 Å². The van der Waals surface area contributed by atoms with E-state index in [-0.39, 0.29) is 0 Å². The number of piperazine rings is 1. The number of nitrogens with zero attached hydrogens (tertiary/aromatic N) is 2. The van der Waals surface area contributed by atoms with Gasteiger partial charge in [-0.1, -0.05) is 0 Å². The lowest BCUT2D eigenvalue weighted by Crippen LogP contribution is -2.55. The Kier molecular flexibility index (Phi) is 5.44. The van der Waals surface area contributed by atoms with Crippen molar-refractivity contribution in [1.29, 1.82) is 0 Å². The fourth-order valence-corrected chi connectivity index (χ4v) is 5.60. The molecule has 7 heteroatoms. The van der Waals surface area contributed by atoms with E-state index >= 15 is 0 Å². The number of rotatable bonds is 4. The Morgan fingerprint density at radius 1 is 0.850 bits per heavy atom. The highest BCUT2D eigenvalue weighted by molar-refractivity contribution is 6.60. The largest absolute Gasteiger partial charge is 0.501 e. The summed E-state index contributed by atoms with van der Waals surface area (Å²) in [5.41, 5.74) is 0. The number of fused-ring (bicyclic) bond motifs is 6. The summed E-state index contributed by atoms with van der Waals surface area (Å²) in [6.07, 6.45) is 1.12. The first-order chi connectivity index (χ1) is 9.86. The number of hydrogen-bond donors (Lipinski definition) is 1. The Morgan fingerprint density at radius 2 is 1.45 bits per heavy atom. The van der Waals surface area contributed by atoms with Gasteiger partial charge in [0.15, 0.2) is 0 Å². The van der Waals surface area contributed by atoms with Crippen molar-refractivity contribution in [2.75, 3.05) is 72.2 Å². The van der Waals surface area contributed by atoms with Crippen LogP contribution in [0, 0.1) is 0 Å². The third kappa shape index (κ3) is 4.00. The van der Waals surface area contributed by atoms with Gasteiger partial charge < -0.3 is 23.5 Å². The van der Waals surface area contributed by atoms with Gasteiger partial charge >= 0.3 is 8.80 Å². The molecule has 0 unspecified atom stereocenters. The van der Waals surface area contributed by atoms with Crippen molar-refractivity contribution in [2.24, 2.45) is 0 Å². The van der Waals surface area contributed by atoms with Gasteiger partial charge in [-0.2, -0.15) is 0 Å². The van der Waals surface area contributed by atoms with Crippen molar-refractivity contribution in [1.82, 2.24) is 15.1 Å². The van der Waals surface area contributed by atoms with Crippen LogP contribution in [0.25, 0.3) is 0 Å². The fraction of sp³-hybridized carbons (Fsp3) is 1.00. The molecule has 4 aliphatic rings. The third-order valence-electron chi connectivity index (χ3n) is 4.36. The van der Waals surface area contributed by atoms with Crippen LogP contribution in [-0.4, -0.2) is 90.8 Å². The van der Waals surface area contributed by atoms with Crippen LogP contribution in [-0.2, 0) is 13.3 Å². The molecule has 4 rings (SSSR count). The lowest BCUT2D eigenvalue weighted by molar-refractivity contribution is -0.00887. The number of nitrogens with one attached hydrogen (secondary N) is 1. The Bertz CT molecular complexity index is 276. The molecule has 0 spiro atoms. The van der Waals surface area contributed by atoms with Crippen molar-refractivity contribution < 1.29 is 13.3 Å². The van der Waals surface area contributed by atoms with Gasteiger partial charge in [-0.25, -0.2) is 0 Å². The second-order valence-electron chi connectivity index (χ2n) is 5.77. The molecule has 6 nitrogen and oxygen atoms in total. The average molecular weight is 301 g/mol. The first-order valence-corrected chi connectivity index (χ1v) is 9.87. The van der Waals surface area contributed by atoms with Gasteiger partial charge in [-0.15, -0.1) is 0 Å². The summed E-state index contributed by atoms with van der Waals surface area (Å²) in [7, 11) is -2.38. The van der Waals surface area contributed by atoms with E-state index in [0.29, 0.717) is 0 Å². The predicted octanol–water partition coefficient (Wildman–Crippen LogP) is -0.400. The summed E-state index contributed by atoms with van der Waals surface area (Å²) in [6.45, 7) is 11.1. The zero-order valence-electron chi connectivity index (χ0n) is 12.3. The third-order valence-corrected chi connectivity index (χ3v) is 7.25. The second-order valence-corrected chi connectivity index (χ2v) is 8.50. The molecule has 0 amide bonds. The molecule has 0 atom stereocenters. The molecule has 0 aromatic heterocycles. The number of hydrogen-bond acceptors (Lipinski definition) is 6. The van der Waals surface area contributed by atoms with Crippen molar-refractivity contribution in [3.63, 3.8) is 0 Å². The second kappa shape index (κ2) is 7.30. The molecule has 116 valence electrons. The highest BCUT2D eigenvalue weighted by Crippen LogP contribution is 2.22. The highest BCUT2D eigenvalue weighted by Gasteiger charge is 2.43. The zero-order valence-corrected chi connectivity index (χ0v) is 13.3. The molecule has 4 saturated heterocycles. The molecular formula is C13H27N3O3Si. The molecular weight excluding hydrogens is 274 g/mol. The summed E-state index contributed by atoms with van der Waals surface area (Å²) in [5.74, 6) is 0. The molecule has 1 N–H and O–H groups in total. The minimum Gasteiger partial charge on any atom is -0.372 e. The Balaban J connectivity index is 1.48. The van der Waals surface area contributed by atoms with E-state index in [1.54, 1.807) is 0 Å². The van der Waals surface area contributed by atoms with Gasteiger partial charge in [0.2, 0.25) is 0 Å². The first-order valence-electron chi connectivity index (χ1n) is 7.94. The van der Waals surface area contributed by atoms with E-state index in [2.05, 4.69) is 15.1 Å². The summed E-state index contributed by atoms with van der Waals surface area (Å²) >= 11 is 0. The van der Waals surface area contributed by atoms with Crippen LogP contribution in [0.15, 0.2) is 0 Å². The first kappa shape index (κ1) is 14.9. The minimum atomic E-state index is -2.38. The standard InChI is InChI=1S/C13H27N3O3Si/c1(4-15-5-2-14-3-6-15)13-20-17-10-7-16(8-11-18-20)9-12-19-20/h14H,1-13H2. The summed E-state index contributed by atoms with van der Waals surface area (Å²) < 4.78 is 18.2. The molecule has 4 heterocycles. The maximum absolute atomic E-state index is 6.05. The fourth-order valence-electron chi connectivity index (χ4n) is 3.12. The molecule has 20 heavy (non-hydrogen) atoms. The molecule has 4 aliphatic heterocycles. The summed E-state index contributed by atoms with van der Waals surface area (Å²) in [4.78, 5) is 4.88. The van der Waals surface area contributed by atoms with E-state index < -0.39 is 8.80 Å². The molecule has 0 aromatic carbocycles. The van der Waals surface area contributed by atoms with Crippen LogP contribution in [0.1, 0.15) is 6.42 Å². The molecule has 4 fully saturated rings. The zero-order chi connectivity index (χ0) is 13.7. The van der Waals surface area contributed by atoms with E-state index in [9.17, 15) is 0 Å². The van der Waals surface area contributed by atoms with Crippen LogP contribution in [0.3, 0.4) is 0 Å². The van der Waals surface area contributed by atoms with Crippen molar-refractivity contribution >= 4 is 8.80 Å². The Labute approximate surface area is 122 Å². The van der Waals surface area contributed by atoms with Crippen molar-refractivity contribution in [2.45, 2.75) is 12.5 Å². The Hall–Kier alpha value is -0.0231. The van der Waals surface area contributed by atoms with Crippen LogP contribution in [0.5, 0.6) is 0 Å². The molecule has 0 aromatic rings. The molecule has 2 bridgehead atoms. The van der Waals surface area contributed by atoms with Crippen molar-refractivity contribution in [3.05, 3.63) is 0 Å². The molecule has 0 saturated carbocycles. The van der Waals surface area contributed by atoms with Crippen molar-refractivity contribution in [3.8, 4) is 0 Å². The predicted molar refractivity (Wildman–Crippen MR) is 78.8 cm³/mol. The molecule has 0 radical (unpaired) electrons. The monoisotopic (exact) mass is 301 g/mol. The summed E-state index contributed by atoms with van der Waals surface area (Å²) in [5, 5.41) is 3.39. The SMILES string of the molecule is C(CN1CCNCC1)C[Si]12OCCN(CCO1)CCO2. The van der Waals surface area contributed by atoms with E-state index in [4.69, 9.17) is 13.3 Å². The van der Waals surface area contributed by atoms with Crippen LogP contribution in [0.2, 0.25) is 6.04 Å². The van der Waals surface area contributed by atoms with Crippen LogP contribution >= 0.6 is 0 Å². The van der Waals surface area contributed by atoms with Gasteiger partial charge in [0.1, 0.15) is 0 Å².